The first-order valence-electron chi connectivity index (χ1n) is 5.64. The first-order valence-corrected chi connectivity index (χ1v) is 6.76. The summed E-state index contributed by atoms with van der Waals surface area (Å²) < 4.78 is 0. The van der Waals surface area contributed by atoms with Gasteiger partial charge in [-0.1, -0.05) is 67.0 Å². The lowest BCUT2D eigenvalue weighted by atomic mass is 9.85. The molecule has 0 fully saturated rings. The molecule has 0 aromatic heterocycles. The van der Waals surface area contributed by atoms with Gasteiger partial charge in [-0.05, 0) is 29.7 Å². The van der Waals surface area contributed by atoms with Crippen LogP contribution in [0.5, 0.6) is 0 Å². The van der Waals surface area contributed by atoms with Crippen LogP contribution < -0.4 is 0 Å². The van der Waals surface area contributed by atoms with Gasteiger partial charge in [-0.15, -0.1) is 0 Å². The molecule has 15 heavy (non-hydrogen) atoms. The van der Waals surface area contributed by atoms with Crippen molar-refractivity contribution in [3.8, 4) is 0 Å². The van der Waals surface area contributed by atoms with Crippen molar-refractivity contribution in [2.24, 2.45) is 5.41 Å². The minimum atomic E-state index is 0.440. The van der Waals surface area contributed by atoms with Gasteiger partial charge in [0.15, 0.2) is 0 Å². The van der Waals surface area contributed by atoms with Gasteiger partial charge in [0.25, 0.3) is 0 Å². The van der Waals surface area contributed by atoms with Crippen molar-refractivity contribution in [2.75, 3.05) is 5.33 Å². The van der Waals surface area contributed by atoms with Gasteiger partial charge in [-0.25, -0.2) is 0 Å². The zero-order valence-corrected chi connectivity index (χ0v) is 11.5. The van der Waals surface area contributed by atoms with Crippen LogP contribution in [0.4, 0.5) is 0 Å². The standard InChI is InChI=1S/C14H21Br/c1-14(2,3)10-9-13(11-15)12-7-5-4-6-8-12/h4-8,13H,9-11H2,1-3H3. The van der Waals surface area contributed by atoms with E-state index in [0.29, 0.717) is 11.3 Å². The lowest BCUT2D eigenvalue weighted by Crippen LogP contribution is -2.09. The van der Waals surface area contributed by atoms with Gasteiger partial charge in [-0.3, -0.25) is 0 Å². The lowest BCUT2D eigenvalue weighted by molar-refractivity contribution is 0.354. The summed E-state index contributed by atoms with van der Waals surface area (Å²) in [6, 6.07) is 10.8. The van der Waals surface area contributed by atoms with Gasteiger partial charge in [0.2, 0.25) is 0 Å². The van der Waals surface area contributed by atoms with Gasteiger partial charge in [0.1, 0.15) is 0 Å². The predicted octanol–water partition coefficient (Wildman–Crippen LogP) is 4.99. The van der Waals surface area contributed by atoms with Crippen molar-refractivity contribution < 1.29 is 0 Å². The van der Waals surface area contributed by atoms with Crippen LogP contribution in [0, 0.1) is 5.41 Å². The van der Waals surface area contributed by atoms with E-state index in [-0.39, 0.29) is 0 Å². The molecule has 1 unspecified atom stereocenters. The Hall–Kier alpha value is -0.300. The number of hydrogen-bond acceptors (Lipinski definition) is 0. The maximum Gasteiger partial charge on any atom is 0.0100 e. The van der Waals surface area contributed by atoms with Gasteiger partial charge in [0, 0.05) is 5.33 Å². The minimum absolute atomic E-state index is 0.440. The van der Waals surface area contributed by atoms with Gasteiger partial charge in [-0.2, -0.15) is 0 Å². The molecule has 84 valence electrons. The van der Waals surface area contributed by atoms with Crippen LogP contribution >= 0.6 is 15.9 Å². The van der Waals surface area contributed by atoms with Gasteiger partial charge < -0.3 is 0 Å². The van der Waals surface area contributed by atoms with Crippen molar-refractivity contribution in [1.82, 2.24) is 0 Å². The maximum atomic E-state index is 3.62. The van der Waals surface area contributed by atoms with E-state index in [9.17, 15) is 0 Å². The molecule has 0 heterocycles. The van der Waals surface area contributed by atoms with Crippen molar-refractivity contribution in [2.45, 2.75) is 39.5 Å². The summed E-state index contributed by atoms with van der Waals surface area (Å²) in [6.07, 6.45) is 2.54. The summed E-state index contributed by atoms with van der Waals surface area (Å²) >= 11 is 3.62. The summed E-state index contributed by atoms with van der Waals surface area (Å²) in [7, 11) is 0. The molecule has 0 aliphatic heterocycles. The maximum absolute atomic E-state index is 3.62. The molecular weight excluding hydrogens is 248 g/mol. The Labute approximate surface area is 102 Å². The highest BCUT2D eigenvalue weighted by Gasteiger charge is 2.15. The Kier molecular flexibility index (Phi) is 4.85. The highest BCUT2D eigenvalue weighted by molar-refractivity contribution is 9.09. The zero-order valence-electron chi connectivity index (χ0n) is 9.96. The van der Waals surface area contributed by atoms with Crippen molar-refractivity contribution in [3.05, 3.63) is 35.9 Å². The molecule has 0 spiro atoms. The monoisotopic (exact) mass is 268 g/mol. The van der Waals surface area contributed by atoms with Crippen LogP contribution in [0.3, 0.4) is 0 Å². The van der Waals surface area contributed by atoms with E-state index in [1.807, 2.05) is 0 Å². The highest BCUT2D eigenvalue weighted by atomic mass is 79.9. The first kappa shape index (κ1) is 12.8. The Morgan fingerprint density at radius 3 is 2.20 bits per heavy atom. The summed E-state index contributed by atoms with van der Waals surface area (Å²) in [6.45, 7) is 6.93. The second-order valence-electron chi connectivity index (χ2n) is 5.36. The fraction of sp³-hybridized carbons (Fsp3) is 0.571. The highest BCUT2D eigenvalue weighted by Crippen LogP contribution is 2.29. The van der Waals surface area contributed by atoms with E-state index in [4.69, 9.17) is 0 Å². The summed E-state index contributed by atoms with van der Waals surface area (Å²) in [4.78, 5) is 0. The molecule has 0 bridgehead atoms. The fourth-order valence-electron chi connectivity index (χ4n) is 1.67. The third-order valence-electron chi connectivity index (χ3n) is 2.70. The van der Waals surface area contributed by atoms with Gasteiger partial charge in [0.05, 0.1) is 0 Å². The molecule has 1 heteroatoms. The summed E-state index contributed by atoms with van der Waals surface area (Å²) in [5.41, 5.74) is 1.90. The molecule has 1 aromatic carbocycles. The van der Waals surface area contributed by atoms with Gasteiger partial charge >= 0.3 is 0 Å². The van der Waals surface area contributed by atoms with Crippen LogP contribution in [0.25, 0.3) is 0 Å². The zero-order chi connectivity index (χ0) is 11.3. The summed E-state index contributed by atoms with van der Waals surface area (Å²) in [5.74, 6) is 0.658. The van der Waals surface area contributed by atoms with E-state index < -0.39 is 0 Å². The van der Waals surface area contributed by atoms with Crippen molar-refractivity contribution in [1.29, 1.82) is 0 Å². The molecule has 0 N–H and O–H groups in total. The van der Waals surface area contributed by atoms with E-state index in [1.165, 1.54) is 18.4 Å². The van der Waals surface area contributed by atoms with E-state index in [0.717, 1.165) is 5.33 Å². The number of benzene rings is 1. The molecule has 0 aliphatic carbocycles. The van der Waals surface area contributed by atoms with Crippen LogP contribution in [-0.2, 0) is 0 Å². The molecule has 0 nitrogen and oxygen atoms in total. The Balaban J connectivity index is 2.58. The number of alkyl halides is 1. The molecule has 0 aliphatic rings. The second-order valence-corrected chi connectivity index (χ2v) is 6.01. The molecule has 0 radical (unpaired) electrons. The van der Waals surface area contributed by atoms with Crippen molar-refractivity contribution in [3.63, 3.8) is 0 Å². The van der Waals surface area contributed by atoms with Crippen molar-refractivity contribution >= 4 is 15.9 Å². The fourth-order valence-corrected chi connectivity index (χ4v) is 2.36. The normalized spacial score (nSPS) is 13.9. The Morgan fingerprint density at radius 2 is 1.73 bits per heavy atom. The SMILES string of the molecule is CC(C)(C)CCC(CBr)c1ccccc1. The smallest absolute Gasteiger partial charge is 0.0100 e. The number of hydrogen-bond donors (Lipinski definition) is 0. The van der Waals surface area contributed by atoms with Crippen LogP contribution in [0.2, 0.25) is 0 Å². The number of rotatable bonds is 4. The van der Waals surface area contributed by atoms with E-state index in [1.54, 1.807) is 0 Å². The van der Waals surface area contributed by atoms with E-state index in [2.05, 4.69) is 67.0 Å². The van der Waals surface area contributed by atoms with E-state index >= 15 is 0 Å². The molecule has 0 amide bonds. The molecule has 0 saturated heterocycles. The van der Waals surface area contributed by atoms with Crippen LogP contribution in [0.15, 0.2) is 30.3 Å². The Morgan fingerprint density at radius 1 is 1.13 bits per heavy atom. The lowest BCUT2D eigenvalue weighted by Gasteiger charge is -2.22. The molecule has 1 atom stereocenters. The average Bonchev–Trinajstić information content (AvgIpc) is 2.19. The van der Waals surface area contributed by atoms with Crippen LogP contribution in [0.1, 0.15) is 45.1 Å². The molecule has 1 aromatic rings. The Bertz CT molecular complexity index is 271. The summed E-state index contributed by atoms with van der Waals surface area (Å²) in [5, 5.41) is 1.06. The predicted molar refractivity (Wildman–Crippen MR) is 71.7 cm³/mol. The first-order chi connectivity index (χ1) is 7.03. The molecular formula is C14H21Br. The van der Waals surface area contributed by atoms with Crippen LogP contribution in [-0.4, -0.2) is 5.33 Å². The minimum Gasteiger partial charge on any atom is -0.0921 e. The molecule has 0 saturated carbocycles. The topological polar surface area (TPSA) is 0 Å². The quantitative estimate of drug-likeness (QED) is 0.675. The third-order valence-corrected chi connectivity index (χ3v) is 3.48. The second kappa shape index (κ2) is 5.69. The average molecular weight is 269 g/mol. The molecule has 1 rings (SSSR count). The number of halogens is 1. The third kappa shape index (κ3) is 4.83. The largest absolute Gasteiger partial charge is 0.0921 e.